The standard InChI is InChI=1S/C10H17N3O/c1-2-13-9(3-6-12-13)10(14)4-7-11-8-5-10/h3,6,11,14H,2,4-5,7-8H2,1H3. The summed E-state index contributed by atoms with van der Waals surface area (Å²) in [4.78, 5) is 0. The lowest BCUT2D eigenvalue weighted by Gasteiger charge is -2.32. The molecule has 2 rings (SSSR count). The maximum absolute atomic E-state index is 10.4. The van der Waals surface area contributed by atoms with Crippen LogP contribution in [0, 0.1) is 0 Å². The Balaban J connectivity index is 2.27. The van der Waals surface area contributed by atoms with Crippen molar-refractivity contribution in [1.29, 1.82) is 0 Å². The van der Waals surface area contributed by atoms with Gasteiger partial charge < -0.3 is 10.4 Å². The molecule has 1 aromatic heterocycles. The number of piperidine rings is 1. The highest BCUT2D eigenvalue weighted by atomic mass is 16.3. The summed E-state index contributed by atoms with van der Waals surface area (Å²) in [5, 5.41) is 17.9. The fourth-order valence-corrected chi connectivity index (χ4v) is 2.08. The molecule has 1 saturated heterocycles. The third kappa shape index (κ3) is 1.55. The molecule has 0 spiro atoms. The van der Waals surface area contributed by atoms with Crippen molar-refractivity contribution in [1.82, 2.24) is 15.1 Å². The highest BCUT2D eigenvalue weighted by Gasteiger charge is 2.33. The van der Waals surface area contributed by atoms with Crippen molar-refractivity contribution >= 4 is 0 Å². The minimum atomic E-state index is -0.669. The van der Waals surface area contributed by atoms with Crippen LogP contribution in [0.15, 0.2) is 12.3 Å². The Morgan fingerprint density at radius 2 is 2.29 bits per heavy atom. The molecule has 1 aliphatic rings. The average Bonchev–Trinajstić information content (AvgIpc) is 2.67. The molecule has 0 aromatic carbocycles. The van der Waals surface area contributed by atoms with E-state index in [1.165, 1.54) is 0 Å². The molecule has 0 radical (unpaired) electrons. The van der Waals surface area contributed by atoms with Crippen molar-refractivity contribution in [2.24, 2.45) is 0 Å². The molecule has 1 aromatic rings. The number of aliphatic hydroxyl groups is 1. The first-order chi connectivity index (χ1) is 6.76. The van der Waals surface area contributed by atoms with Gasteiger partial charge >= 0.3 is 0 Å². The third-order valence-corrected chi connectivity index (χ3v) is 2.92. The minimum Gasteiger partial charge on any atom is -0.383 e. The van der Waals surface area contributed by atoms with Gasteiger partial charge in [-0.05, 0) is 38.9 Å². The molecule has 4 nitrogen and oxygen atoms in total. The first-order valence-electron chi connectivity index (χ1n) is 5.21. The van der Waals surface area contributed by atoms with Crippen molar-refractivity contribution in [3.05, 3.63) is 18.0 Å². The molecule has 0 aliphatic carbocycles. The number of rotatable bonds is 2. The van der Waals surface area contributed by atoms with Gasteiger partial charge in [0.05, 0.1) is 5.69 Å². The van der Waals surface area contributed by atoms with E-state index in [0.29, 0.717) is 0 Å². The van der Waals surface area contributed by atoms with E-state index in [2.05, 4.69) is 10.4 Å². The van der Waals surface area contributed by atoms with E-state index in [4.69, 9.17) is 0 Å². The average molecular weight is 195 g/mol. The third-order valence-electron chi connectivity index (χ3n) is 2.92. The minimum absolute atomic E-state index is 0.669. The second-order valence-corrected chi connectivity index (χ2v) is 3.81. The second kappa shape index (κ2) is 3.71. The maximum Gasteiger partial charge on any atom is 0.109 e. The molecule has 0 atom stereocenters. The summed E-state index contributed by atoms with van der Waals surface area (Å²) in [6.45, 7) is 4.62. The van der Waals surface area contributed by atoms with Gasteiger partial charge in [0.25, 0.3) is 0 Å². The van der Waals surface area contributed by atoms with Gasteiger partial charge in [0.2, 0.25) is 0 Å². The van der Waals surface area contributed by atoms with E-state index in [9.17, 15) is 5.11 Å². The van der Waals surface area contributed by atoms with Crippen LogP contribution >= 0.6 is 0 Å². The fraction of sp³-hybridized carbons (Fsp3) is 0.700. The van der Waals surface area contributed by atoms with Gasteiger partial charge in [-0.3, -0.25) is 4.68 Å². The number of aromatic nitrogens is 2. The Labute approximate surface area is 83.9 Å². The second-order valence-electron chi connectivity index (χ2n) is 3.81. The van der Waals surface area contributed by atoms with E-state index < -0.39 is 5.60 Å². The van der Waals surface area contributed by atoms with Gasteiger partial charge in [-0.25, -0.2) is 0 Å². The van der Waals surface area contributed by atoms with Crippen molar-refractivity contribution in [2.45, 2.75) is 31.9 Å². The smallest absolute Gasteiger partial charge is 0.109 e. The lowest BCUT2D eigenvalue weighted by atomic mass is 9.89. The quantitative estimate of drug-likeness (QED) is 0.721. The number of hydrogen-bond donors (Lipinski definition) is 2. The zero-order valence-electron chi connectivity index (χ0n) is 8.53. The molecular formula is C10H17N3O. The van der Waals surface area contributed by atoms with E-state index in [1.807, 2.05) is 17.7 Å². The number of nitrogens with zero attached hydrogens (tertiary/aromatic N) is 2. The van der Waals surface area contributed by atoms with Gasteiger partial charge in [-0.1, -0.05) is 0 Å². The zero-order chi connectivity index (χ0) is 10.0. The summed E-state index contributed by atoms with van der Waals surface area (Å²) < 4.78 is 1.88. The zero-order valence-corrected chi connectivity index (χ0v) is 8.53. The van der Waals surface area contributed by atoms with Crippen LogP contribution in [0.25, 0.3) is 0 Å². The van der Waals surface area contributed by atoms with Crippen LogP contribution in [-0.4, -0.2) is 28.0 Å². The lowest BCUT2D eigenvalue weighted by molar-refractivity contribution is -0.00223. The Bertz CT molecular complexity index is 302. The molecule has 1 fully saturated rings. The van der Waals surface area contributed by atoms with Crippen molar-refractivity contribution in [2.75, 3.05) is 13.1 Å². The molecule has 0 unspecified atom stereocenters. The summed E-state index contributed by atoms with van der Waals surface area (Å²) in [5.41, 5.74) is 0.291. The van der Waals surface area contributed by atoms with Crippen LogP contribution in [0.5, 0.6) is 0 Å². The molecule has 0 saturated carbocycles. The van der Waals surface area contributed by atoms with E-state index in [1.54, 1.807) is 6.20 Å². The van der Waals surface area contributed by atoms with Gasteiger partial charge in [-0.2, -0.15) is 5.10 Å². The van der Waals surface area contributed by atoms with Crippen LogP contribution in [0.2, 0.25) is 0 Å². The first-order valence-corrected chi connectivity index (χ1v) is 5.21. The Morgan fingerprint density at radius 1 is 1.57 bits per heavy atom. The Hall–Kier alpha value is -0.870. The Kier molecular flexibility index (Phi) is 2.56. The normalized spacial score (nSPS) is 21.0. The molecule has 78 valence electrons. The number of nitrogens with one attached hydrogen (secondary N) is 1. The first kappa shape index (κ1) is 9.68. The molecule has 2 N–H and O–H groups in total. The SMILES string of the molecule is CCn1nccc1C1(O)CCNCC1. The van der Waals surface area contributed by atoms with Gasteiger partial charge in [0.15, 0.2) is 0 Å². The largest absolute Gasteiger partial charge is 0.383 e. The van der Waals surface area contributed by atoms with Crippen LogP contribution in [-0.2, 0) is 12.1 Å². The molecule has 1 aliphatic heterocycles. The predicted molar refractivity (Wildman–Crippen MR) is 53.9 cm³/mol. The highest BCUT2D eigenvalue weighted by Crippen LogP contribution is 2.29. The van der Waals surface area contributed by atoms with Gasteiger partial charge in [-0.15, -0.1) is 0 Å². The lowest BCUT2D eigenvalue weighted by Crippen LogP contribution is -2.41. The highest BCUT2D eigenvalue weighted by molar-refractivity contribution is 5.13. The molecular weight excluding hydrogens is 178 g/mol. The summed E-state index contributed by atoms with van der Waals surface area (Å²) in [5.74, 6) is 0. The number of hydrogen-bond acceptors (Lipinski definition) is 3. The maximum atomic E-state index is 10.4. The van der Waals surface area contributed by atoms with Crippen LogP contribution < -0.4 is 5.32 Å². The summed E-state index contributed by atoms with van der Waals surface area (Å²) in [6.07, 6.45) is 3.32. The van der Waals surface area contributed by atoms with Crippen molar-refractivity contribution in [3.8, 4) is 0 Å². The number of aryl methyl sites for hydroxylation is 1. The van der Waals surface area contributed by atoms with E-state index in [-0.39, 0.29) is 0 Å². The van der Waals surface area contributed by atoms with Crippen LogP contribution in [0.1, 0.15) is 25.5 Å². The summed E-state index contributed by atoms with van der Waals surface area (Å²) in [6, 6.07) is 1.93. The van der Waals surface area contributed by atoms with Gasteiger partial charge in [0, 0.05) is 12.7 Å². The molecule has 0 amide bonds. The Morgan fingerprint density at radius 3 is 2.93 bits per heavy atom. The van der Waals surface area contributed by atoms with E-state index >= 15 is 0 Å². The summed E-state index contributed by atoms with van der Waals surface area (Å²) >= 11 is 0. The van der Waals surface area contributed by atoms with Gasteiger partial charge in [0.1, 0.15) is 5.60 Å². The predicted octanol–water partition coefficient (Wildman–Crippen LogP) is 0.474. The van der Waals surface area contributed by atoms with Crippen molar-refractivity contribution in [3.63, 3.8) is 0 Å². The topological polar surface area (TPSA) is 50.1 Å². The van der Waals surface area contributed by atoms with Crippen LogP contribution in [0.4, 0.5) is 0 Å². The molecule has 0 bridgehead atoms. The fourth-order valence-electron chi connectivity index (χ4n) is 2.08. The molecule has 14 heavy (non-hydrogen) atoms. The van der Waals surface area contributed by atoms with Crippen LogP contribution in [0.3, 0.4) is 0 Å². The monoisotopic (exact) mass is 195 g/mol. The van der Waals surface area contributed by atoms with E-state index in [0.717, 1.165) is 38.2 Å². The summed E-state index contributed by atoms with van der Waals surface area (Å²) in [7, 11) is 0. The molecule has 4 heteroatoms. The van der Waals surface area contributed by atoms with Crippen molar-refractivity contribution < 1.29 is 5.11 Å². The molecule has 2 heterocycles.